The summed E-state index contributed by atoms with van der Waals surface area (Å²) in [5, 5.41) is 0. The maximum atomic E-state index is 8.00. The van der Waals surface area contributed by atoms with Crippen LogP contribution < -0.4 is 0 Å². The Balaban J connectivity index is 2.04. The van der Waals surface area contributed by atoms with Crippen molar-refractivity contribution in [3.63, 3.8) is 0 Å². The van der Waals surface area contributed by atoms with E-state index in [1.54, 1.807) is 7.11 Å². The Morgan fingerprint density at radius 2 is 2.37 bits per heavy atom. The van der Waals surface area contributed by atoms with Crippen molar-refractivity contribution in [3.8, 4) is 0 Å². The molecule has 1 nitrogen and oxygen atoms in total. The second kappa shape index (κ2) is 4.75. The topological polar surface area (TPSA) is 9.23 Å². The molecule has 0 N–H and O–H groups in total. The van der Waals surface area contributed by atoms with Gasteiger partial charge in [0.2, 0.25) is 0 Å². The fourth-order valence-corrected chi connectivity index (χ4v) is 4.33. The Morgan fingerprint density at radius 3 is 3.05 bits per heavy atom. The molecule has 2 aliphatic rings. The van der Waals surface area contributed by atoms with Gasteiger partial charge in [-0.3, -0.25) is 0 Å². The first kappa shape index (κ1) is 11.1. The molecule has 1 aromatic carbocycles. The lowest BCUT2D eigenvalue weighted by molar-refractivity contribution is 0.00273. The van der Waals surface area contributed by atoms with Gasteiger partial charge in [0.25, 0.3) is 0 Å². The second-order valence-corrected chi connectivity index (χ2v) is 7.04. The Kier molecular flexibility index (Phi) is 2.77. The van der Waals surface area contributed by atoms with Crippen LogP contribution in [0, 0.1) is 11.3 Å². The van der Waals surface area contributed by atoms with Crippen LogP contribution in [-0.4, -0.2) is 13.2 Å². The van der Waals surface area contributed by atoms with Crippen molar-refractivity contribution in [2.75, 3.05) is 7.11 Å². The molecule has 1 saturated carbocycles. The van der Waals surface area contributed by atoms with Crippen molar-refractivity contribution in [2.45, 2.75) is 38.7 Å². The fraction of sp³-hybridized carbons (Fsp3) is 0.529. The number of benzene rings is 1. The average molecular weight is 323 g/mol. The van der Waals surface area contributed by atoms with E-state index in [2.05, 4.69) is 41.1 Å². The summed E-state index contributed by atoms with van der Waals surface area (Å²) in [4.78, 5) is 0. The van der Waals surface area contributed by atoms with Gasteiger partial charge in [-0.05, 0) is 65.8 Å². The third-order valence-electron chi connectivity index (χ3n) is 4.96. The summed E-state index contributed by atoms with van der Waals surface area (Å²) in [5.74, 6) is 0.468. The van der Waals surface area contributed by atoms with Crippen molar-refractivity contribution in [2.24, 2.45) is 11.3 Å². The highest BCUT2D eigenvalue weighted by atomic mass is 79.9. The molecular formula is C17H21BrO. The number of halogens is 1. The molecule has 0 heterocycles. The van der Waals surface area contributed by atoms with Gasteiger partial charge in [0, 0.05) is 11.6 Å². The molecule has 0 amide bonds. The molecule has 3 atom stereocenters. The largest absolute Gasteiger partial charge is 0.381 e. The molecule has 0 unspecified atom stereocenters. The number of allylic oxidation sites excluding steroid dienone is 1. The summed E-state index contributed by atoms with van der Waals surface area (Å²) in [6, 6.07) is 6.28. The molecule has 0 aromatic heterocycles. The van der Waals surface area contributed by atoms with Crippen LogP contribution in [0.1, 0.15) is 40.1 Å². The quantitative estimate of drug-likeness (QED) is 0.718. The first-order valence-corrected chi connectivity index (χ1v) is 7.76. The lowest BCUT2D eigenvalue weighted by Gasteiger charge is -2.41. The summed E-state index contributed by atoms with van der Waals surface area (Å²) >= 11 is 3.52. The fourth-order valence-electron chi connectivity index (χ4n) is 3.96. The van der Waals surface area contributed by atoms with Crippen molar-refractivity contribution >= 4 is 21.5 Å². The third-order valence-corrected chi connectivity index (χ3v) is 5.45. The number of hydrogen-bond donors (Lipinski definition) is 0. The molecule has 2 aliphatic carbocycles. The minimum Gasteiger partial charge on any atom is -0.381 e. The maximum Gasteiger partial charge on any atom is 0.0597 e. The van der Waals surface area contributed by atoms with Gasteiger partial charge in [-0.15, -0.1) is 0 Å². The van der Waals surface area contributed by atoms with Gasteiger partial charge >= 0.3 is 0 Å². The van der Waals surface area contributed by atoms with Crippen LogP contribution in [0.5, 0.6) is 0 Å². The van der Waals surface area contributed by atoms with Crippen LogP contribution in [0.25, 0.3) is 5.57 Å². The number of fused-ring (bicyclic) bond motifs is 1. The van der Waals surface area contributed by atoms with E-state index < -0.39 is 0 Å². The molecule has 0 radical (unpaired) electrons. The zero-order valence-corrected chi connectivity index (χ0v) is 13.1. The SMILES string of the molecule is [2H]C([2H])=C1c2cc(Br)ccc2C[C@@]12CC[C@H](OC)[C@@H](C)C2. The summed E-state index contributed by atoms with van der Waals surface area (Å²) in [6.45, 7) is 2.22. The molecule has 0 bridgehead atoms. The molecule has 0 aliphatic heterocycles. The molecule has 1 spiro atoms. The van der Waals surface area contributed by atoms with E-state index in [0.29, 0.717) is 12.0 Å². The summed E-state index contributed by atoms with van der Waals surface area (Å²) in [5.41, 5.74) is 3.30. The maximum absolute atomic E-state index is 8.00. The molecule has 19 heavy (non-hydrogen) atoms. The van der Waals surface area contributed by atoms with Crippen molar-refractivity contribution in [3.05, 3.63) is 40.3 Å². The number of ether oxygens (including phenoxy) is 1. The van der Waals surface area contributed by atoms with Crippen LogP contribution in [-0.2, 0) is 11.2 Å². The Bertz CT molecular complexity index is 594. The molecule has 3 rings (SSSR count). The van der Waals surface area contributed by atoms with Crippen molar-refractivity contribution < 1.29 is 7.48 Å². The Hall–Kier alpha value is -0.600. The van der Waals surface area contributed by atoms with Gasteiger partial charge in [0.1, 0.15) is 0 Å². The van der Waals surface area contributed by atoms with E-state index >= 15 is 0 Å². The smallest absolute Gasteiger partial charge is 0.0597 e. The number of rotatable bonds is 1. The van der Waals surface area contributed by atoms with E-state index in [4.69, 9.17) is 7.48 Å². The highest BCUT2D eigenvalue weighted by molar-refractivity contribution is 9.10. The van der Waals surface area contributed by atoms with Gasteiger partial charge in [-0.1, -0.05) is 35.5 Å². The molecule has 1 fully saturated rings. The van der Waals surface area contributed by atoms with Crippen LogP contribution in [0.2, 0.25) is 0 Å². The van der Waals surface area contributed by atoms with Gasteiger partial charge in [0.15, 0.2) is 0 Å². The molecule has 0 saturated heterocycles. The number of methoxy groups -OCH3 is 1. The van der Waals surface area contributed by atoms with Gasteiger partial charge < -0.3 is 4.74 Å². The van der Waals surface area contributed by atoms with Crippen LogP contribution in [0.15, 0.2) is 29.2 Å². The van der Waals surface area contributed by atoms with E-state index in [0.717, 1.165) is 41.3 Å². The molecule has 2 heteroatoms. The number of hydrogen-bond acceptors (Lipinski definition) is 1. The van der Waals surface area contributed by atoms with E-state index in [9.17, 15) is 0 Å². The Morgan fingerprint density at radius 1 is 1.53 bits per heavy atom. The van der Waals surface area contributed by atoms with Crippen molar-refractivity contribution in [1.82, 2.24) is 0 Å². The normalized spacial score (nSPS) is 35.0. The van der Waals surface area contributed by atoms with Gasteiger partial charge in [-0.25, -0.2) is 0 Å². The zero-order chi connectivity index (χ0) is 15.2. The minimum atomic E-state index is -0.0313. The molecule has 102 valence electrons. The highest BCUT2D eigenvalue weighted by Crippen LogP contribution is 2.55. The monoisotopic (exact) mass is 322 g/mol. The Labute approximate surface area is 127 Å². The zero-order valence-electron chi connectivity index (χ0n) is 13.5. The van der Waals surface area contributed by atoms with Gasteiger partial charge in [0.05, 0.1) is 8.85 Å². The summed E-state index contributed by atoms with van der Waals surface area (Å²) in [7, 11) is 1.79. The first-order chi connectivity index (χ1) is 9.97. The first-order valence-electron chi connectivity index (χ1n) is 7.96. The lowest BCUT2D eigenvalue weighted by atomic mass is 9.65. The standard InChI is InChI=1S/C17H21BrO/c1-11-9-17(7-6-16(11)19-3)10-13-4-5-14(18)8-15(13)12(17)2/h4-5,8,11,16H,2,6-7,9-10H2,1,3H3/t11-,16-,17-/m0/s1/i2D2. The summed E-state index contributed by atoms with van der Waals surface area (Å²) < 4.78 is 22.6. The van der Waals surface area contributed by atoms with Gasteiger partial charge in [-0.2, -0.15) is 0 Å². The average Bonchev–Trinajstić information content (AvgIpc) is 2.71. The van der Waals surface area contributed by atoms with E-state index in [-0.39, 0.29) is 11.9 Å². The molecule has 1 aromatic rings. The van der Waals surface area contributed by atoms with Crippen LogP contribution >= 0.6 is 15.9 Å². The predicted octanol–water partition coefficient (Wildman–Crippen LogP) is 4.84. The minimum absolute atomic E-state index is 0.0186. The molecular weight excluding hydrogens is 300 g/mol. The van der Waals surface area contributed by atoms with E-state index in [1.807, 2.05) is 0 Å². The summed E-state index contributed by atoms with van der Waals surface area (Å²) in [6.07, 6.45) is 4.32. The lowest BCUT2D eigenvalue weighted by Crippen LogP contribution is -2.36. The second-order valence-electron chi connectivity index (χ2n) is 6.13. The highest BCUT2D eigenvalue weighted by Gasteiger charge is 2.45. The van der Waals surface area contributed by atoms with Crippen LogP contribution in [0.4, 0.5) is 0 Å². The van der Waals surface area contributed by atoms with E-state index in [1.165, 1.54) is 5.56 Å². The predicted molar refractivity (Wildman–Crippen MR) is 83.1 cm³/mol. The van der Waals surface area contributed by atoms with Crippen molar-refractivity contribution in [1.29, 1.82) is 0 Å². The third kappa shape index (κ3) is 2.09. The van der Waals surface area contributed by atoms with Crippen LogP contribution in [0.3, 0.4) is 0 Å².